The molecule has 10 nitrogen and oxygen atoms in total. The topological polar surface area (TPSA) is 135 Å². The maximum Gasteiger partial charge on any atom is 0.256 e. The quantitative estimate of drug-likeness (QED) is 0.237. The summed E-state index contributed by atoms with van der Waals surface area (Å²) < 4.78 is 28.1. The number of aliphatic imine (C=N–C) groups is 1. The van der Waals surface area contributed by atoms with E-state index >= 15 is 0 Å². The van der Waals surface area contributed by atoms with Gasteiger partial charge in [-0.2, -0.15) is 5.10 Å². The van der Waals surface area contributed by atoms with Crippen LogP contribution in [0.1, 0.15) is 59.9 Å². The zero-order chi connectivity index (χ0) is 29.7. The van der Waals surface area contributed by atoms with Crippen molar-refractivity contribution in [2.45, 2.75) is 38.3 Å². The van der Waals surface area contributed by atoms with Crippen LogP contribution in [-0.2, 0) is 17.1 Å². The number of benzene rings is 2. The number of aromatic nitrogens is 2. The summed E-state index contributed by atoms with van der Waals surface area (Å²) in [6.45, 7) is 6.80. The highest BCUT2D eigenvalue weighted by atomic mass is 35.5. The normalized spacial score (nSPS) is 16.8. The summed E-state index contributed by atoms with van der Waals surface area (Å²) in [7, 11) is -1.79. The second-order valence-corrected chi connectivity index (χ2v) is 12.4. The van der Waals surface area contributed by atoms with Gasteiger partial charge in [-0.25, -0.2) is 8.42 Å². The van der Waals surface area contributed by atoms with Gasteiger partial charge in [0.15, 0.2) is 0 Å². The first kappa shape index (κ1) is 30.3. The van der Waals surface area contributed by atoms with Crippen LogP contribution in [0.15, 0.2) is 71.7 Å². The van der Waals surface area contributed by atoms with E-state index in [2.05, 4.69) is 16.6 Å². The second kappa shape index (κ2) is 12.9. The van der Waals surface area contributed by atoms with Gasteiger partial charge in [0.25, 0.3) is 5.91 Å². The Kier molecular flexibility index (Phi) is 9.52. The molecule has 3 aromatic rings. The molecule has 2 heterocycles. The number of halogens is 1. The molecule has 2 aromatic carbocycles. The maximum atomic E-state index is 13.8. The van der Waals surface area contributed by atoms with Crippen molar-refractivity contribution in [3.8, 4) is 0 Å². The fourth-order valence-electron chi connectivity index (χ4n) is 4.85. The minimum Gasteiger partial charge on any atom is -0.330 e. The first-order valence-electron chi connectivity index (χ1n) is 13.3. The molecule has 1 aliphatic rings. The zero-order valence-electron chi connectivity index (χ0n) is 23.5. The summed E-state index contributed by atoms with van der Waals surface area (Å²) in [4.78, 5) is 20.4. The first-order valence-corrected chi connectivity index (χ1v) is 15.6. The van der Waals surface area contributed by atoms with E-state index < -0.39 is 10.0 Å². The predicted molar refractivity (Wildman–Crippen MR) is 165 cm³/mol. The summed E-state index contributed by atoms with van der Waals surface area (Å²) >= 11 is 6.21. The molecule has 0 radical (unpaired) electrons. The lowest BCUT2D eigenvalue weighted by Gasteiger charge is -2.35. The van der Waals surface area contributed by atoms with Crippen molar-refractivity contribution < 1.29 is 13.2 Å². The van der Waals surface area contributed by atoms with Gasteiger partial charge >= 0.3 is 0 Å². The number of nitrogens with one attached hydrogen (secondary N) is 2. The number of amides is 1. The van der Waals surface area contributed by atoms with Crippen molar-refractivity contribution in [2.24, 2.45) is 17.8 Å². The number of hydrogen-bond acceptors (Lipinski definition) is 6. The van der Waals surface area contributed by atoms with E-state index in [1.165, 1.54) is 12.1 Å². The Morgan fingerprint density at radius 1 is 1.22 bits per heavy atom. The van der Waals surface area contributed by atoms with Crippen molar-refractivity contribution in [2.75, 3.05) is 29.4 Å². The minimum atomic E-state index is -3.61. The molecule has 0 bridgehead atoms. The van der Waals surface area contributed by atoms with Crippen molar-refractivity contribution in [1.29, 1.82) is 0 Å². The summed E-state index contributed by atoms with van der Waals surface area (Å²) in [5.74, 6) is 0.956. The Hall–Kier alpha value is -3.67. The Labute approximate surface area is 246 Å². The molecule has 1 amide bonds. The van der Waals surface area contributed by atoms with E-state index in [9.17, 15) is 13.2 Å². The number of anilines is 2. The van der Waals surface area contributed by atoms with Gasteiger partial charge in [-0.1, -0.05) is 48.5 Å². The van der Waals surface area contributed by atoms with Crippen LogP contribution >= 0.6 is 11.6 Å². The van der Waals surface area contributed by atoms with Crippen LogP contribution in [0.2, 0.25) is 5.02 Å². The molecular formula is C29H36ClN7O3S. The highest BCUT2D eigenvalue weighted by molar-refractivity contribution is 7.92. The van der Waals surface area contributed by atoms with Crippen molar-refractivity contribution in [3.05, 3.63) is 88.6 Å². The standard InChI is InChI=1S/C29H36ClN7O3S/c1-19(2)28(32-25(18-31)20-10-6-5-7-11-20)33-27-17-24(34-36(27)3)26-12-8-9-15-37(26)29(38)22-16-21(30)13-14-23(22)35-41(4,39)40/h5-7,10-11,13-14,16-17,25-26,35H,1,8-9,12,15,18,31H2,2-4H3,(H,32,33)/t25?,26-/m0/s1. The largest absolute Gasteiger partial charge is 0.330 e. The third-order valence-corrected chi connectivity index (χ3v) is 7.68. The number of aryl methyl sites for hydroxylation is 1. The number of likely N-dealkylation sites (tertiary alicyclic amines) is 1. The number of piperidine rings is 1. The number of carbonyl (C=O) groups excluding carboxylic acids is 1. The molecule has 0 spiro atoms. The molecule has 1 aromatic heterocycles. The molecule has 0 aliphatic carbocycles. The molecule has 1 aliphatic heterocycles. The van der Waals surface area contributed by atoms with Gasteiger partial charge in [0.1, 0.15) is 11.7 Å². The summed E-state index contributed by atoms with van der Waals surface area (Å²) in [5, 5.41) is 8.44. The summed E-state index contributed by atoms with van der Waals surface area (Å²) in [6.07, 6.45) is 3.50. The van der Waals surface area contributed by atoms with E-state index in [1.54, 1.807) is 15.6 Å². The highest BCUT2D eigenvalue weighted by Gasteiger charge is 2.32. The van der Waals surface area contributed by atoms with Gasteiger partial charge in [-0.3, -0.25) is 19.2 Å². The third-order valence-electron chi connectivity index (χ3n) is 6.85. The molecule has 218 valence electrons. The first-order chi connectivity index (χ1) is 19.5. The third kappa shape index (κ3) is 7.55. The van der Waals surface area contributed by atoms with Gasteiger partial charge in [-0.15, -0.1) is 0 Å². The number of nitrogens with two attached hydrogens (primary N) is 1. The van der Waals surface area contributed by atoms with Crippen LogP contribution in [0.3, 0.4) is 0 Å². The molecule has 1 unspecified atom stereocenters. The fourth-order valence-corrected chi connectivity index (χ4v) is 5.60. The molecule has 4 rings (SSSR count). The minimum absolute atomic E-state index is 0.185. The van der Waals surface area contributed by atoms with Crippen LogP contribution in [0.5, 0.6) is 0 Å². The van der Waals surface area contributed by atoms with Crippen molar-refractivity contribution in [1.82, 2.24) is 14.7 Å². The SMILES string of the molecule is C=C(C)C(=NC(CN)c1ccccc1)Nc1cc([C@@H]2CCCCN2C(=O)c2cc(Cl)ccc2NS(C)(=O)=O)nn1C. The van der Waals surface area contributed by atoms with Gasteiger partial charge < -0.3 is 16.0 Å². The molecule has 0 saturated carbocycles. The Morgan fingerprint density at radius 3 is 2.61 bits per heavy atom. The van der Waals surface area contributed by atoms with Crippen LogP contribution in [0, 0.1) is 0 Å². The maximum absolute atomic E-state index is 13.8. The number of amidine groups is 1. The summed E-state index contributed by atoms with van der Waals surface area (Å²) in [6, 6.07) is 15.7. The highest BCUT2D eigenvalue weighted by Crippen LogP contribution is 2.34. The monoisotopic (exact) mass is 597 g/mol. The van der Waals surface area contributed by atoms with Gasteiger partial charge in [0.05, 0.1) is 35.3 Å². The lowest BCUT2D eigenvalue weighted by atomic mass is 9.98. The van der Waals surface area contributed by atoms with Crippen LogP contribution in [0.4, 0.5) is 11.5 Å². The van der Waals surface area contributed by atoms with Crippen LogP contribution in [-0.4, -0.2) is 54.2 Å². The Morgan fingerprint density at radius 2 is 1.95 bits per heavy atom. The van der Waals surface area contributed by atoms with Crippen LogP contribution < -0.4 is 15.8 Å². The number of rotatable bonds is 9. The lowest BCUT2D eigenvalue weighted by Crippen LogP contribution is -2.39. The lowest BCUT2D eigenvalue weighted by molar-refractivity contribution is 0.0606. The number of sulfonamides is 1. The predicted octanol–water partition coefficient (Wildman–Crippen LogP) is 4.90. The fraction of sp³-hybridized carbons (Fsp3) is 0.345. The van der Waals surface area contributed by atoms with E-state index in [0.29, 0.717) is 41.9 Å². The molecule has 2 atom stereocenters. The average molecular weight is 598 g/mol. The van der Waals surface area contributed by atoms with E-state index in [0.717, 1.165) is 30.2 Å². The Bertz CT molecular complexity index is 1550. The van der Waals surface area contributed by atoms with E-state index in [-0.39, 0.29) is 29.2 Å². The van der Waals surface area contributed by atoms with Crippen LogP contribution in [0.25, 0.3) is 0 Å². The number of carbonyl (C=O) groups is 1. The Balaban J connectivity index is 1.63. The van der Waals surface area contributed by atoms with E-state index in [1.807, 2.05) is 50.4 Å². The zero-order valence-corrected chi connectivity index (χ0v) is 25.0. The summed E-state index contributed by atoms with van der Waals surface area (Å²) in [5.41, 5.74) is 8.88. The average Bonchev–Trinajstić information content (AvgIpc) is 3.30. The second-order valence-electron chi connectivity index (χ2n) is 10.2. The molecule has 1 saturated heterocycles. The number of nitrogens with zero attached hydrogens (tertiary/aromatic N) is 4. The van der Waals surface area contributed by atoms with Crippen molar-refractivity contribution >= 4 is 44.9 Å². The number of hydrogen-bond donors (Lipinski definition) is 3. The molecular weight excluding hydrogens is 562 g/mol. The molecule has 1 fully saturated rings. The molecule has 12 heteroatoms. The van der Waals surface area contributed by atoms with Gasteiger partial charge in [0, 0.05) is 31.2 Å². The smallest absolute Gasteiger partial charge is 0.256 e. The van der Waals surface area contributed by atoms with Gasteiger partial charge in [-0.05, 0) is 55.5 Å². The molecule has 41 heavy (non-hydrogen) atoms. The van der Waals surface area contributed by atoms with E-state index in [4.69, 9.17) is 27.4 Å². The molecule has 4 N–H and O–H groups in total. The van der Waals surface area contributed by atoms with Gasteiger partial charge in [0.2, 0.25) is 10.0 Å². The van der Waals surface area contributed by atoms with Crippen molar-refractivity contribution in [3.63, 3.8) is 0 Å².